The number of amides is 2. The molecule has 0 aromatic heterocycles. The molecule has 3 heteroatoms. The van der Waals surface area contributed by atoms with Gasteiger partial charge in [0.2, 0.25) is 0 Å². The maximum Gasteiger partial charge on any atom is 0.321 e. The van der Waals surface area contributed by atoms with Gasteiger partial charge in [0.05, 0.1) is 0 Å². The third-order valence-corrected chi connectivity index (χ3v) is 3.37. The lowest BCUT2D eigenvalue weighted by Crippen LogP contribution is -2.37. The van der Waals surface area contributed by atoms with E-state index in [0.717, 1.165) is 32.4 Å². The van der Waals surface area contributed by atoms with E-state index < -0.39 is 0 Å². The van der Waals surface area contributed by atoms with Crippen LogP contribution >= 0.6 is 0 Å². The first-order chi connectivity index (χ1) is 8.84. The van der Waals surface area contributed by atoms with Crippen LogP contribution in [0.5, 0.6) is 0 Å². The van der Waals surface area contributed by atoms with E-state index >= 15 is 0 Å². The van der Waals surface area contributed by atoms with Gasteiger partial charge in [-0.25, -0.2) is 4.79 Å². The van der Waals surface area contributed by atoms with Crippen LogP contribution in [0.1, 0.15) is 64.7 Å². The summed E-state index contributed by atoms with van der Waals surface area (Å²) in [6, 6.07) is 0.0710. The molecule has 1 N–H and O–H groups in total. The molecule has 1 heterocycles. The molecule has 18 heavy (non-hydrogen) atoms. The fourth-order valence-corrected chi connectivity index (χ4v) is 2.19. The van der Waals surface area contributed by atoms with Crippen molar-refractivity contribution in [2.24, 2.45) is 0 Å². The second kappa shape index (κ2) is 9.98. The molecule has 1 aliphatic rings. The molecule has 0 unspecified atom stereocenters. The summed E-state index contributed by atoms with van der Waals surface area (Å²) in [5.41, 5.74) is 0. The average Bonchev–Trinajstić information content (AvgIpc) is 2.66. The molecule has 0 fully saturated rings. The summed E-state index contributed by atoms with van der Waals surface area (Å²) in [7, 11) is 0. The molecule has 0 saturated heterocycles. The predicted molar refractivity (Wildman–Crippen MR) is 76.5 cm³/mol. The van der Waals surface area contributed by atoms with Crippen LogP contribution in [0.2, 0.25) is 0 Å². The lowest BCUT2D eigenvalue weighted by Gasteiger charge is -2.17. The van der Waals surface area contributed by atoms with E-state index in [2.05, 4.69) is 18.3 Å². The van der Waals surface area contributed by atoms with Gasteiger partial charge < -0.3 is 10.2 Å². The van der Waals surface area contributed by atoms with Gasteiger partial charge in [0.1, 0.15) is 0 Å². The molecule has 0 aliphatic carbocycles. The summed E-state index contributed by atoms with van der Waals surface area (Å²) in [6.07, 6.45) is 15.0. The molecule has 0 spiro atoms. The first-order valence-corrected chi connectivity index (χ1v) is 7.55. The predicted octanol–water partition coefficient (Wildman–Crippen LogP) is 4.06. The molecular formula is C15H28N2O. The van der Waals surface area contributed by atoms with Crippen molar-refractivity contribution in [2.75, 3.05) is 13.1 Å². The van der Waals surface area contributed by atoms with Crippen LogP contribution < -0.4 is 5.32 Å². The van der Waals surface area contributed by atoms with Crippen LogP contribution in [-0.4, -0.2) is 24.0 Å². The number of hydrogen-bond acceptors (Lipinski definition) is 1. The first kappa shape index (κ1) is 15.1. The van der Waals surface area contributed by atoms with Gasteiger partial charge in [-0.05, 0) is 25.7 Å². The van der Waals surface area contributed by atoms with Crippen LogP contribution in [0.25, 0.3) is 0 Å². The Kier molecular flexibility index (Phi) is 8.36. The summed E-state index contributed by atoms with van der Waals surface area (Å²) in [6.45, 7) is 3.91. The fraction of sp³-hybridized carbons (Fsp3) is 0.800. The third kappa shape index (κ3) is 6.67. The van der Waals surface area contributed by atoms with E-state index in [1.165, 1.54) is 38.5 Å². The number of nitrogens with one attached hydrogen (secondary N) is 1. The number of unbranched alkanes of at least 4 members (excludes halogenated alkanes) is 5. The molecule has 0 atom stereocenters. The summed E-state index contributed by atoms with van der Waals surface area (Å²) in [5.74, 6) is 0. The highest BCUT2D eigenvalue weighted by Crippen LogP contribution is 2.07. The SMILES string of the molecule is CCCCCCCCNC(=O)N1C=CCCCC1. The van der Waals surface area contributed by atoms with E-state index in [1.54, 1.807) is 0 Å². The number of carbonyl (C=O) groups is 1. The molecule has 0 saturated carbocycles. The Bertz CT molecular complexity index is 251. The van der Waals surface area contributed by atoms with E-state index in [9.17, 15) is 4.79 Å². The Balaban J connectivity index is 2.02. The zero-order valence-electron chi connectivity index (χ0n) is 11.8. The van der Waals surface area contributed by atoms with Gasteiger partial charge in [-0.2, -0.15) is 0 Å². The molecule has 104 valence electrons. The Hall–Kier alpha value is -0.990. The summed E-state index contributed by atoms with van der Waals surface area (Å²) >= 11 is 0. The molecule has 0 aromatic rings. The van der Waals surface area contributed by atoms with Gasteiger partial charge in [0, 0.05) is 19.3 Å². The van der Waals surface area contributed by atoms with E-state index in [4.69, 9.17) is 0 Å². The first-order valence-electron chi connectivity index (χ1n) is 7.55. The van der Waals surface area contributed by atoms with Gasteiger partial charge in [0.25, 0.3) is 0 Å². The molecule has 3 nitrogen and oxygen atoms in total. The second-order valence-electron chi connectivity index (χ2n) is 5.07. The van der Waals surface area contributed by atoms with E-state index in [1.807, 2.05) is 11.1 Å². The van der Waals surface area contributed by atoms with Crippen LogP contribution in [0.3, 0.4) is 0 Å². The highest BCUT2D eigenvalue weighted by atomic mass is 16.2. The monoisotopic (exact) mass is 252 g/mol. The summed E-state index contributed by atoms with van der Waals surface area (Å²) < 4.78 is 0. The molecule has 2 amide bonds. The van der Waals surface area contributed by atoms with Crippen LogP contribution in [0.4, 0.5) is 4.79 Å². The number of hydrogen-bond donors (Lipinski definition) is 1. The van der Waals surface area contributed by atoms with Crippen molar-refractivity contribution in [3.05, 3.63) is 12.3 Å². The number of urea groups is 1. The molecule has 0 radical (unpaired) electrons. The van der Waals surface area contributed by atoms with Crippen molar-refractivity contribution in [2.45, 2.75) is 64.7 Å². The maximum atomic E-state index is 11.8. The molecule has 0 aromatic carbocycles. The Morgan fingerprint density at radius 3 is 2.78 bits per heavy atom. The minimum absolute atomic E-state index is 0.0710. The van der Waals surface area contributed by atoms with Crippen molar-refractivity contribution in [1.29, 1.82) is 0 Å². The smallest absolute Gasteiger partial charge is 0.321 e. The minimum Gasteiger partial charge on any atom is -0.338 e. The van der Waals surface area contributed by atoms with Crippen molar-refractivity contribution in [1.82, 2.24) is 10.2 Å². The maximum absolute atomic E-state index is 11.8. The quantitative estimate of drug-likeness (QED) is 0.681. The van der Waals surface area contributed by atoms with Gasteiger partial charge >= 0.3 is 6.03 Å². The topological polar surface area (TPSA) is 32.3 Å². The Morgan fingerprint density at radius 1 is 1.17 bits per heavy atom. The fourth-order valence-electron chi connectivity index (χ4n) is 2.19. The number of carbonyl (C=O) groups excluding carboxylic acids is 1. The van der Waals surface area contributed by atoms with E-state index in [-0.39, 0.29) is 6.03 Å². The molecule has 0 bridgehead atoms. The molecule has 1 rings (SSSR count). The standard InChI is InChI=1S/C15H28N2O/c1-2-3-4-5-6-9-12-16-15(18)17-13-10-7-8-11-14-17/h10,13H,2-9,11-12,14H2,1H3,(H,16,18). The van der Waals surface area contributed by atoms with Crippen LogP contribution in [0, 0.1) is 0 Å². The Morgan fingerprint density at radius 2 is 1.94 bits per heavy atom. The summed E-state index contributed by atoms with van der Waals surface area (Å²) in [4.78, 5) is 13.7. The lowest BCUT2D eigenvalue weighted by atomic mass is 10.1. The van der Waals surface area contributed by atoms with Gasteiger partial charge in [-0.1, -0.05) is 45.1 Å². The van der Waals surface area contributed by atoms with Gasteiger partial charge in [0.15, 0.2) is 0 Å². The van der Waals surface area contributed by atoms with E-state index in [0.29, 0.717) is 0 Å². The zero-order valence-corrected chi connectivity index (χ0v) is 11.8. The van der Waals surface area contributed by atoms with Crippen molar-refractivity contribution < 1.29 is 4.79 Å². The lowest BCUT2D eigenvalue weighted by molar-refractivity contribution is 0.215. The van der Waals surface area contributed by atoms with Crippen LogP contribution in [0.15, 0.2) is 12.3 Å². The number of allylic oxidation sites excluding steroid dienone is 1. The van der Waals surface area contributed by atoms with Crippen LogP contribution in [-0.2, 0) is 0 Å². The molecular weight excluding hydrogens is 224 g/mol. The van der Waals surface area contributed by atoms with Crippen molar-refractivity contribution in [3.63, 3.8) is 0 Å². The minimum atomic E-state index is 0.0710. The second-order valence-corrected chi connectivity index (χ2v) is 5.07. The zero-order chi connectivity index (χ0) is 13.1. The highest BCUT2D eigenvalue weighted by molar-refractivity contribution is 5.75. The van der Waals surface area contributed by atoms with Gasteiger partial charge in [-0.15, -0.1) is 0 Å². The number of nitrogens with zero attached hydrogens (tertiary/aromatic N) is 1. The van der Waals surface area contributed by atoms with Gasteiger partial charge in [-0.3, -0.25) is 0 Å². The normalized spacial score (nSPS) is 15.5. The van der Waals surface area contributed by atoms with Crippen molar-refractivity contribution in [3.8, 4) is 0 Å². The average molecular weight is 252 g/mol. The Labute approximate surface area is 112 Å². The number of rotatable bonds is 7. The largest absolute Gasteiger partial charge is 0.338 e. The highest BCUT2D eigenvalue weighted by Gasteiger charge is 2.10. The third-order valence-electron chi connectivity index (χ3n) is 3.37. The molecule has 1 aliphatic heterocycles. The van der Waals surface area contributed by atoms with Crippen molar-refractivity contribution >= 4 is 6.03 Å². The summed E-state index contributed by atoms with van der Waals surface area (Å²) in [5, 5.41) is 3.01.